The minimum atomic E-state index is -0.530. The monoisotopic (exact) mass is 416 g/mol. The molecule has 9 heteroatoms. The average molecular weight is 416 g/mol. The van der Waals surface area contributed by atoms with Crippen LogP contribution in [0.2, 0.25) is 0 Å². The standard InChI is InChI=1S/C20H21FN4O3S/c1-2-28-15-9-7-14(8-10-15)25-12-13(11-18(25)26)19(27)23-24-20(29)22-17-6-4-3-5-16(17)21/h3-10,13H,2,11-12H2,1H3,(H,23,27)(H2,22,24,29). The highest BCUT2D eigenvalue weighted by molar-refractivity contribution is 7.80. The van der Waals surface area contributed by atoms with E-state index in [9.17, 15) is 14.0 Å². The third kappa shape index (κ3) is 5.20. The summed E-state index contributed by atoms with van der Waals surface area (Å²) in [7, 11) is 0. The van der Waals surface area contributed by atoms with Gasteiger partial charge in [-0.2, -0.15) is 0 Å². The maximum atomic E-state index is 13.6. The summed E-state index contributed by atoms with van der Waals surface area (Å²) >= 11 is 5.05. The lowest BCUT2D eigenvalue weighted by atomic mass is 10.1. The Morgan fingerprint density at radius 1 is 1.21 bits per heavy atom. The number of rotatable bonds is 5. The topological polar surface area (TPSA) is 82.7 Å². The van der Waals surface area contributed by atoms with Crippen molar-refractivity contribution < 1.29 is 18.7 Å². The summed E-state index contributed by atoms with van der Waals surface area (Å²) in [5, 5.41) is 2.69. The molecule has 3 rings (SSSR count). The molecule has 0 aromatic heterocycles. The summed E-state index contributed by atoms with van der Waals surface area (Å²) < 4.78 is 19.0. The molecule has 1 aliphatic heterocycles. The van der Waals surface area contributed by atoms with Crippen LogP contribution in [0.5, 0.6) is 5.75 Å². The highest BCUT2D eigenvalue weighted by Crippen LogP contribution is 2.27. The Kier molecular flexibility index (Phi) is 6.61. The van der Waals surface area contributed by atoms with E-state index in [1.807, 2.05) is 6.92 Å². The molecule has 1 saturated heterocycles. The summed E-state index contributed by atoms with van der Waals surface area (Å²) in [5.74, 6) is -0.781. The number of nitrogens with one attached hydrogen (secondary N) is 3. The fraction of sp³-hybridized carbons (Fsp3) is 0.250. The van der Waals surface area contributed by atoms with Gasteiger partial charge in [-0.1, -0.05) is 12.1 Å². The van der Waals surface area contributed by atoms with Gasteiger partial charge in [-0.05, 0) is 55.5 Å². The molecule has 3 N–H and O–H groups in total. The van der Waals surface area contributed by atoms with Crippen molar-refractivity contribution in [2.75, 3.05) is 23.4 Å². The van der Waals surface area contributed by atoms with E-state index in [4.69, 9.17) is 17.0 Å². The van der Waals surface area contributed by atoms with Crippen molar-refractivity contribution in [1.29, 1.82) is 0 Å². The van der Waals surface area contributed by atoms with Gasteiger partial charge in [-0.3, -0.25) is 20.4 Å². The smallest absolute Gasteiger partial charge is 0.243 e. The first-order chi connectivity index (χ1) is 14.0. The van der Waals surface area contributed by atoms with Gasteiger partial charge >= 0.3 is 0 Å². The number of benzene rings is 2. The van der Waals surface area contributed by atoms with Gasteiger partial charge in [0.1, 0.15) is 11.6 Å². The minimum absolute atomic E-state index is 0.0381. The van der Waals surface area contributed by atoms with Gasteiger partial charge in [0.25, 0.3) is 0 Å². The van der Waals surface area contributed by atoms with E-state index >= 15 is 0 Å². The van der Waals surface area contributed by atoms with Gasteiger partial charge < -0.3 is 15.0 Å². The Morgan fingerprint density at radius 3 is 2.62 bits per heavy atom. The first-order valence-electron chi connectivity index (χ1n) is 9.12. The lowest BCUT2D eigenvalue weighted by Crippen LogP contribution is -2.46. The lowest BCUT2D eigenvalue weighted by Gasteiger charge is -2.17. The van der Waals surface area contributed by atoms with Gasteiger partial charge in [-0.15, -0.1) is 0 Å². The molecule has 1 atom stereocenters. The third-order valence-electron chi connectivity index (χ3n) is 4.38. The molecule has 29 heavy (non-hydrogen) atoms. The number of carbonyl (C=O) groups is 2. The molecule has 1 fully saturated rings. The van der Waals surface area contributed by atoms with Gasteiger partial charge in [0, 0.05) is 18.7 Å². The molecule has 0 aliphatic carbocycles. The van der Waals surface area contributed by atoms with Crippen molar-refractivity contribution in [3.8, 4) is 5.75 Å². The number of halogens is 1. The fourth-order valence-corrected chi connectivity index (χ4v) is 3.12. The number of amides is 2. The van der Waals surface area contributed by atoms with Crippen molar-refractivity contribution in [1.82, 2.24) is 10.9 Å². The van der Waals surface area contributed by atoms with Gasteiger partial charge in [0.15, 0.2) is 5.11 Å². The maximum absolute atomic E-state index is 13.6. The van der Waals surface area contributed by atoms with Gasteiger partial charge in [0.05, 0.1) is 18.2 Å². The number of carbonyl (C=O) groups excluding carboxylic acids is 2. The number of hydrazine groups is 1. The normalized spacial score (nSPS) is 15.7. The summed E-state index contributed by atoms with van der Waals surface area (Å²) in [6, 6.07) is 13.2. The predicted molar refractivity (Wildman–Crippen MR) is 112 cm³/mol. The Balaban J connectivity index is 1.52. The first kappa shape index (κ1) is 20.5. The van der Waals surface area contributed by atoms with E-state index in [0.717, 1.165) is 5.75 Å². The van der Waals surface area contributed by atoms with Crippen LogP contribution in [0.1, 0.15) is 13.3 Å². The lowest BCUT2D eigenvalue weighted by molar-refractivity contribution is -0.126. The zero-order valence-corrected chi connectivity index (χ0v) is 16.6. The Morgan fingerprint density at radius 2 is 1.93 bits per heavy atom. The van der Waals surface area contributed by atoms with Crippen LogP contribution in [0, 0.1) is 11.7 Å². The second-order valence-corrected chi connectivity index (χ2v) is 6.79. The number of nitrogens with zero attached hydrogens (tertiary/aromatic N) is 1. The van der Waals surface area contributed by atoms with Crippen LogP contribution < -0.4 is 25.8 Å². The van der Waals surface area contributed by atoms with E-state index in [-0.39, 0.29) is 35.6 Å². The quantitative estimate of drug-likeness (QED) is 0.513. The summed E-state index contributed by atoms with van der Waals surface area (Å²) in [6.07, 6.45) is 0.0915. The average Bonchev–Trinajstić information content (AvgIpc) is 3.10. The third-order valence-corrected chi connectivity index (χ3v) is 4.58. The van der Waals surface area contributed by atoms with E-state index in [1.54, 1.807) is 41.3 Å². The first-order valence-corrected chi connectivity index (χ1v) is 9.53. The van der Waals surface area contributed by atoms with E-state index in [2.05, 4.69) is 16.2 Å². The SMILES string of the molecule is CCOc1ccc(N2CC(C(=O)NNC(=S)Nc3ccccc3F)CC2=O)cc1. The molecule has 2 aromatic carbocycles. The maximum Gasteiger partial charge on any atom is 0.243 e. The Labute approximate surface area is 173 Å². The molecule has 1 unspecified atom stereocenters. The van der Waals surface area contributed by atoms with Crippen LogP contribution in [0.4, 0.5) is 15.8 Å². The second kappa shape index (κ2) is 9.33. The molecule has 1 heterocycles. The van der Waals surface area contributed by atoms with E-state index in [0.29, 0.717) is 12.3 Å². The highest BCUT2D eigenvalue weighted by Gasteiger charge is 2.35. The molecule has 152 valence electrons. The summed E-state index contributed by atoms with van der Waals surface area (Å²) in [4.78, 5) is 26.3. The number of anilines is 2. The van der Waals surface area contributed by atoms with Crippen molar-refractivity contribution >= 4 is 40.5 Å². The number of ether oxygens (including phenoxy) is 1. The molecule has 2 aromatic rings. The van der Waals surface area contributed by atoms with Crippen molar-refractivity contribution in [3.63, 3.8) is 0 Å². The molecule has 0 saturated carbocycles. The summed E-state index contributed by atoms with van der Waals surface area (Å²) in [6.45, 7) is 2.71. The van der Waals surface area contributed by atoms with Crippen LogP contribution >= 0.6 is 12.2 Å². The Hall–Kier alpha value is -3.20. The van der Waals surface area contributed by atoms with Crippen LogP contribution in [0.25, 0.3) is 0 Å². The van der Waals surface area contributed by atoms with Crippen molar-refractivity contribution in [2.24, 2.45) is 5.92 Å². The van der Waals surface area contributed by atoms with E-state index in [1.165, 1.54) is 12.1 Å². The number of para-hydroxylation sites is 1. The molecule has 0 spiro atoms. The molecule has 7 nitrogen and oxygen atoms in total. The van der Waals surface area contributed by atoms with E-state index < -0.39 is 11.7 Å². The molecular weight excluding hydrogens is 395 g/mol. The highest BCUT2D eigenvalue weighted by atomic mass is 32.1. The predicted octanol–water partition coefficient (Wildman–Crippen LogP) is 2.60. The molecule has 2 amide bonds. The second-order valence-electron chi connectivity index (χ2n) is 6.38. The molecule has 1 aliphatic rings. The Bertz CT molecular complexity index is 907. The van der Waals surface area contributed by atoms with Crippen LogP contribution in [0.15, 0.2) is 48.5 Å². The van der Waals surface area contributed by atoms with Gasteiger partial charge in [0.2, 0.25) is 11.8 Å². The number of hydrogen-bond donors (Lipinski definition) is 3. The molecule has 0 radical (unpaired) electrons. The summed E-state index contributed by atoms with van der Waals surface area (Å²) in [5.41, 5.74) is 5.90. The van der Waals surface area contributed by atoms with Crippen molar-refractivity contribution in [2.45, 2.75) is 13.3 Å². The molecule has 0 bridgehead atoms. The minimum Gasteiger partial charge on any atom is -0.494 e. The van der Waals surface area contributed by atoms with Crippen molar-refractivity contribution in [3.05, 3.63) is 54.3 Å². The number of thiocarbonyl (C=S) groups is 1. The molecular formula is C20H21FN4O3S. The zero-order valence-electron chi connectivity index (χ0n) is 15.8. The van der Waals surface area contributed by atoms with Crippen LogP contribution in [-0.4, -0.2) is 30.1 Å². The fourth-order valence-electron chi connectivity index (χ4n) is 2.96. The van der Waals surface area contributed by atoms with Crippen LogP contribution in [-0.2, 0) is 9.59 Å². The zero-order chi connectivity index (χ0) is 20.8. The van der Waals surface area contributed by atoms with Gasteiger partial charge in [-0.25, -0.2) is 4.39 Å². The number of hydrogen-bond acceptors (Lipinski definition) is 4. The van der Waals surface area contributed by atoms with Crippen LogP contribution in [0.3, 0.4) is 0 Å². The largest absolute Gasteiger partial charge is 0.494 e.